The molecule has 0 bridgehead atoms. The van der Waals surface area contributed by atoms with Gasteiger partial charge < -0.3 is 10.2 Å². The zero-order chi connectivity index (χ0) is 14.0. The van der Waals surface area contributed by atoms with E-state index in [-0.39, 0.29) is 0 Å². The molecule has 1 aliphatic carbocycles. The Morgan fingerprint density at radius 2 is 2.05 bits per heavy atom. The lowest BCUT2D eigenvalue weighted by Gasteiger charge is -2.36. The zero-order valence-corrected chi connectivity index (χ0v) is 11.6. The standard InChI is InChI=1S/C16H22O3/c1-16(2)9-5-6-11(10-16)12-7-3-4-8-13(12)14(17)15(18)19/h3-4,7-8,11,14,17H,5-6,9-10H2,1-2H3,(H,18,19). The molecule has 3 nitrogen and oxygen atoms in total. The summed E-state index contributed by atoms with van der Waals surface area (Å²) in [6.07, 6.45) is 3.09. The Hall–Kier alpha value is -1.35. The van der Waals surface area contributed by atoms with Gasteiger partial charge in [0.15, 0.2) is 6.10 Å². The fraction of sp³-hybridized carbons (Fsp3) is 0.562. The molecule has 104 valence electrons. The Bertz CT molecular complexity index is 465. The number of aliphatic hydroxyl groups is 1. The summed E-state index contributed by atoms with van der Waals surface area (Å²) < 4.78 is 0. The predicted octanol–water partition coefficient (Wildman–Crippen LogP) is 3.49. The van der Waals surface area contributed by atoms with Gasteiger partial charge in [-0.2, -0.15) is 0 Å². The zero-order valence-electron chi connectivity index (χ0n) is 11.6. The van der Waals surface area contributed by atoms with Gasteiger partial charge in [-0.1, -0.05) is 44.5 Å². The highest BCUT2D eigenvalue weighted by molar-refractivity contribution is 5.74. The SMILES string of the molecule is CC1(C)CCCC(c2ccccc2C(O)C(=O)O)C1. The molecule has 0 spiro atoms. The second-order valence-corrected chi connectivity index (χ2v) is 6.33. The van der Waals surface area contributed by atoms with Crippen LogP contribution in [-0.2, 0) is 4.79 Å². The highest BCUT2D eigenvalue weighted by atomic mass is 16.4. The lowest BCUT2D eigenvalue weighted by molar-refractivity contribution is -0.147. The quantitative estimate of drug-likeness (QED) is 0.876. The van der Waals surface area contributed by atoms with E-state index >= 15 is 0 Å². The minimum absolute atomic E-state index is 0.296. The Morgan fingerprint density at radius 1 is 1.37 bits per heavy atom. The van der Waals surface area contributed by atoms with Crippen LogP contribution in [0.2, 0.25) is 0 Å². The van der Waals surface area contributed by atoms with Crippen molar-refractivity contribution < 1.29 is 15.0 Å². The molecule has 19 heavy (non-hydrogen) atoms. The summed E-state index contributed by atoms with van der Waals surface area (Å²) in [6, 6.07) is 7.41. The van der Waals surface area contributed by atoms with Gasteiger partial charge in [-0.25, -0.2) is 4.79 Å². The Balaban J connectivity index is 2.32. The molecule has 0 aliphatic heterocycles. The van der Waals surface area contributed by atoms with Crippen molar-refractivity contribution in [2.45, 2.75) is 51.6 Å². The molecule has 3 heteroatoms. The van der Waals surface area contributed by atoms with E-state index in [9.17, 15) is 9.90 Å². The van der Waals surface area contributed by atoms with Crippen LogP contribution in [0.15, 0.2) is 24.3 Å². The highest BCUT2D eigenvalue weighted by Gasteiger charge is 2.31. The van der Waals surface area contributed by atoms with Crippen molar-refractivity contribution in [3.63, 3.8) is 0 Å². The van der Waals surface area contributed by atoms with Gasteiger partial charge >= 0.3 is 5.97 Å². The molecule has 1 aromatic carbocycles. The highest BCUT2D eigenvalue weighted by Crippen LogP contribution is 2.44. The van der Waals surface area contributed by atoms with Gasteiger partial charge in [0.1, 0.15) is 0 Å². The summed E-state index contributed by atoms with van der Waals surface area (Å²) >= 11 is 0. The molecule has 0 radical (unpaired) electrons. The Kier molecular flexibility index (Phi) is 3.95. The number of hydrogen-bond acceptors (Lipinski definition) is 2. The number of rotatable bonds is 3. The van der Waals surface area contributed by atoms with Crippen LogP contribution in [0.25, 0.3) is 0 Å². The fourth-order valence-electron chi connectivity index (χ4n) is 3.23. The molecule has 1 aromatic rings. The number of aliphatic carboxylic acids is 1. The number of aliphatic hydroxyl groups excluding tert-OH is 1. The van der Waals surface area contributed by atoms with E-state index in [0.29, 0.717) is 16.9 Å². The van der Waals surface area contributed by atoms with E-state index in [1.54, 1.807) is 12.1 Å². The van der Waals surface area contributed by atoms with Gasteiger partial charge in [-0.3, -0.25) is 0 Å². The van der Waals surface area contributed by atoms with E-state index in [0.717, 1.165) is 24.8 Å². The van der Waals surface area contributed by atoms with Crippen molar-refractivity contribution >= 4 is 5.97 Å². The van der Waals surface area contributed by atoms with E-state index < -0.39 is 12.1 Å². The maximum Gasteiger partial charge on any atom is 0.337 e. The molecule has 0 aromatic heterocycles. The van der Waals surface area contributed by atoms with Crippen LogP contribution in [0.4, 0.5) is 0 Å². The second-order valence-electron chi connectivity index (χ2n) is 6.33. The Labute approximate surface area is 114 Å². The van der Waals surface area contributed by atoms with E-state index in [1.807, 2.05) is 12.1 Å². The van der Waals surface area contributed by atoms with E-state index in [1.165, 1.54) is 6.42 Å². The van der Waals surface area contributed by atoms with Crippen molar-refractivity contribution in [2.24, 2.45) is 5.41 Å². The third-order valence-electron chi connectivity index (χ3n) is 4.17. The number of carboxylic acid groups (broad SMARTS) is 1. The summed E-state index contributed by atoms with van der Waals surface area (Å²) in [5.41, 5.74) is 1.85. The van der Waals surface area contributed by atoms with Crippen LogP contribution in [-0.4, -0.2) is 16.2 Å². The molecule has 1 saturated carbocycles. The summed E-state index contributed by atoms with van der Waals surface area (Å²) in [4.78, 5) is 11.0. The van der Waals surface area contributed by atoms with Gasteiger partial charge in [0.2, 0.25) is 0 Å². The molecular weight excluding hydrogens is 240 g/mol. The Morgan fingerprint density at radius 3 is 2.68 bits per heavy atom. The number of carbonyl (C=O) groups is 1. The second kappa shape index (κ2) is 5.33. The smallest absolute Gasteiger partial charge is 0.337 e. The summed E-state index contributed by atoms with van der Waals surface area (Å²) in [5.74, 6) is -0.823. The van der Waals surface area contributed by atoms with Crippen molar-refractivity contribution in [3.8, 4) is 0 Å². The molecule has 2 atom stereocenters. The van der Waals surface area contributed by atoms with Crippen LogP contribution in [0.1, 0.15) is 62.7 Å². The maximum atomic E-state index is 11.0. The largest absolute Gasteiger partial charge is 0.479 e. The fourth-order valence-corrected chi connectivity index (χ4v) is 3.23. The lowest BCUT2D eigenvalue weighted by atomic mass is 9.69. The van der Waals surface area contributed by atoms with E-state index in [4.69, 9.17) is 5.11 Å². The van der Waals surface area contributed by atoms with Gasteiger partial charge in [-0.05, 0) is 41.7 Å². The van der Waals surface area contributed by atoms with Crippen LogP contribution < -0.4 is 0 Å². The summed E-state index contributed by atoms with van der Waals surface area (Å²) in [5, 5.41) is 18.9. The monoisotopic (exact) mass is 262 g/mol. The average Bonchev–Trinajstić information content (AvgIpc) is 2.36. The summed E-state index contributed by atoms with van der Waals surface area (Å²) in [7, 11) is 0. The first-order valence-corrected chi connectivity index (χ1v) is 6.90. The molecule has 2 N–H and O–H groups in total. The number of hydrogen-bond donors (Lipinski definition) is 2. The van der Waals surface area contributed by atoms with Crippen molar-refractivity contribution in [3.05, 3.63) is 35.4 Å². The predicted molar refractivity (Wildman–Crippen MR) is 74.0 cm³/mol. The molecule has 1 aliphatic rings. The first-order chi connectivity index (χ1) is 8.91. The third-order valence-corrected chi connectivity index (χ3v) is 4.17. The minimum atomic E-state index is -1.42. The first-order valence-electron chi connectivity index (χ1n) is 6.90. The summed E-state index contributed by atoms with van der Waals surface area (Å²) in [6.45, 7) is 4.52. The molecule has 2 unspecified atom stereocenters. The minimum Gasteiger partial charge on any atom is -0.479 e. The van der Waals surface area contributed by atoms with Gasteiger partial charge in [0.25, 0.3) is 0 Å². The van der Waals surface area contributed by atoms with Crippen LogP contribution >= 0.6 is 0 Å². The molecule has 0 heterocycles. The van der Waals surface area contributed by atoms with Crippen LogP contribution in [0, 0.1) is 5.41 Å². The molecular formula is C16H22O3. The van der Waals surface area contributed by atoms with Gasteiger partial charge in [0.05, 0.1) is 0 Å². The third kappa shape index (κ3) is 3.16. The van der Waals surface area contributed by atoms with E-state index in [2.05, 4.69) is 13.8 Å². The number of benzene rings is 1. The molecule has 0 amide bonds. The molecule has 2 rings (SSSR count). The van der Waals surface area contributed by atoms with Crippen molar-refractivity contribution in [2.75, 3.05) is 0 Å². The maximum absolute atomic E-state index is 11.0. The van der Waals surface area contributed by atoms with Crippen LogP contribution in [0.3, 0.4) is 0 Å². The first kappa shape index (κ1) is 14.1. The normalized spacial score (nSPS) is 23.8. The van der Waals surface area contributed by atoms with Gasteiger partial charge in [-0.15, -0.1) is 0 Å². The topological polar surface area (TPSA) is 57.5 Å². The van der Waals surface area contributed by atoms with Crippen molar-refractivity contribution in [1.82, 2.24) is 0 Å². The van der Waals surface area contributed by atoms with Crippen molar-refractivity contribution in [1.29, 1.82) is 0 Å². The molecule has 1 fully saturated rings. The molecule has 0 saturated heterocycles. The van der Waals surface area contributed by atoms with Gasteiger partial charge in [0, 0.05) is 0 Å². The number of carboxylic acids is 1. The lowest BCUT2D eigenvalue weighted by Crippen LogP contribution is -2.23. The van der Waals surface area contributed by atoms with Crippen LogP contribution in [0.5, 0.6) is 0 Å². The average molecular weight is 262 g/mol.